The molecule has 0 saturated carbocycles. The van der Waals surface area contributed by atoms with Gasteiger partial charge in [0.25, 0.3) is 5.91 Å². The molecule has 2 saturated heterocycles. The fourth-order valence-corrected chi connectivity index (χ4v) is 6.11. The van der Waals surface area contributed by atoms with E-state index in [9.17, 15) is 13.2 Å². The van der Waals surface area contributed by atoms with Crippen molar-refractivity contribution in [1.82, 2.24) is 14.1 Å². The van der Waals surface area contributed by atoms with Gasteiger partial charge >= 0.3 is 0 Å². The lowest BCUT2D eigenvalue weighted by atomic mass is 10.1. The number of amides is 1. The van der Waals surface area contributed by atoms with Gasteiger partial charge in [0.05, 0.1) is 4.90 Å². The van der Waals surface area contributed by atoms with Crippen LogP contribution >= 0.6 is 15.9 Å². The number of likely N-dealkylation sites (tertiary alicyclic amines) is 1. The largest absolute Gasteiger partial charge is 0.336 e. The molecule has 2 aliphatic heterocycles. The van der Waals surface area contributed by atoms with E-state index in [2.05, 4.69) is 26.9 Å². The average molecular weight is 492 g/mol. The number of hydrogen-bond donors (Lipinski definition) is 0. The van der Waals surface area contributed by atoms with Gasteiger partial charge in [0.15, 0.2) is 0 Å². The number of carbonyl (C=O) groups is 1. The van der Waals surface area contributed by atoms with Crippen molar-refractivity contribution < 1.29 is 13.2 Å². The molecule has 2 aromatic carbocycles. The fourth-order valence-electron chi connectivity index (χ4n) is 4.09. The first-order chi connectivity index (χ1) is 14.4. The highest BCUT2D eigenvalue weighted by Gasteiger charge is 2.30. The van der Waals surface area contributed by atoms with Crippen molar-refractivity contribution >= 4 is 31.9 Å². The number of carbonyl (C=O) groups excluding carboxylic acids is 1. The van der Waals surface area contributed by atoms with Gasteiger partial charge in [0.2, 0.25) is 10.0 Å². The lowest BCUT2D eigenvalue weighted by Crippen LogP contribution is -2.50. The Balaban J connectivity index is 1.40. The first-order valence-electron chi connectivity index (χ1n) is 10.3. The molecule has 0 radical (unpaired) electrons. The Morgan fingerprint density at radius 1 is 0.900 bits per heavy atom. The van der Waals surface area contributed by atoms with E-state index in [0.717, 1.165) is 29.7 Å². The summed E-state index contributed by atoms with van der Waals surface area (Å²) in [5.74, 6) is -0.0298. The quantitative estimate of drug-likeness (QED) is 0.644. The SMILES string of the molecule is O=C(c1cccc(CN2CCCC2)c1)N1CCN(S(=O)(=O)c2cccc(Br)c2)CC1. The molecule has 2 heterocycles. The molecule has 2 aromatic rings. The van der Waals surface area contributed by atoms with Crippen molar-refractivity contribution in [2.24, 2.45) is 0 Å². The highest BCUT2D eigenvalue weighted by Crippen LogP contribution is 2.22. The van der Waals surface area contributed by atoms with Crippen LogP contribution in [0, 0.1) is 0 Å². The van der Waals surface area contributed by atoms with E-state index in [0.29, 0.717) is 31.7 Å². The summed E-state index contributed by atoms with van der Waals surface area (Å²) < 4.78 is 28.0. The van der Waals surface area contributed by atoms with Gasteiger partial charge in [0, 0.05) is 42.8 Å². The van der Waals surface area contributed by atoms with E-state index in [1.807, 2.05) is 18.2 Å². The van der Waals surface area contributed by atoms with Crippen LogP contribution in [0.5, 0.6) is 0 Å². The number of halogens is 1. The van der Waals surface area contributed by atoms with Gasteiger partial charge in [-0.2, -0.15) is 4.31 Å². The molecule has 0 atom stereocenters. The number of nitrogens with zero attached hydrogens (tertiary/aromatic N) is 3. The zero-order valence-electron chi connectivity index (χ0n) is 16.8. The van der Waals surface area contributed by atoms with Gasteiger partial charge in [-0.1, -0.05) is 34.1 Å². The second-order valence-corrected chi connectivity index (χ2v) is 10.7. The van der Waals surface area contributed by atoms with Crippen LogP contribution in [0.25, 0.3) is 0 Å². The Hall–Kier alpha value is -1.74. The Labute approximate surface area is 186 Å². The molecule has 2 aliphatic rings. The Morgan fingerprint density at radius 2 is 1.60 bits per heavy atom. The monoisotopic (exact) mass is 491 g/mol. The smallest absolute Gasteiger partial charge is 0.253 e. The van der Waals surface area contributed by atoms with Gasteiger partial charge in [-0.25, -0.2) is 8.42 Å². The molecular formula is C22H26BrN3O3S. The van der Waals surface area contributed by atoms with Gasteiger partial charge in [-0.3, -0.25) is 9.69 Å². The normalized spacial score (nSPS) is 18.6. The molecule has 2 fully saturated rings. The molecule has 4 rings (SSSR count). The maximum Gasteiger partial charge on any atom is 0.253 e. The van der Waals surface area contributed by atoms with E-state index in [4.69, 9.17) is 0 Å². The Bertz CT molecular complexity index is 1010. The van der Waals surface area contributed by atoms with Crippen molar-refractivity contribution in [3.8, 4) is 0 Å². The van der Waals surface area contributed by atoms with E-state index in [1.54, 1.807) is 29.2 Å². The zero-order chi connectivity index (χ0) is 21.1. The number of rotatable bonds is 5. The van der Waals surface area contributed by atoms with Crippen LogP contribution in [0.1, 0.15) is 28.8 Å². The summed E-state index contributed by atoms with van der Waals surface area (Å²) in [5, 5.41) is 0. The van der Waals surface area contributed by atoms with Crippen molar-refractivity contribution in [1.29, 1.82) is 0 Å². The number of hydrogen-bond acceptors (Lipinski definition) is 4. The molecule has 0 aliphatic carbocycles. The number of sulfonamides is 1. The van der Waals surface area contributed by atoms with Gasteiger partial charge < -0.3 is 4.90 Å². The van der Waals surface area contributed by atoms with Crippen molar-refractivity contribution in [2.75, 3.05) is 39.3 Å². The molecule has 0 spiro atoms. The minimum Gasteiger partial charge on any atom is -0.336 e. The zero-order valence-corrected chi connectivity index (χ0v) is 19.2. The molecule has 0 bridgehead atoms. The number of piperazine rings is 1. The molecular weight excluding hydrogens is 466 g/mol. The third kappa shape index (κ3) is 4.77. The molecule has 1 amide bonds. The van der Waals surface area contributed by atoms with Crippen LogP contribution in [0.4, 0.5) is 0 Å². The Morgan fingerprint density at radius 3 is 2.30 bits per heavy atom. The summed E-state index contributed by atoms with van der Waals surface area (Å²) in [7, 11) is -3.56. The highest BCUT2D eigenvalue weighted by molar-refractivity contribution is 9.10. The fraction of sp³-hybridized carbons (Fsp3) is 0.409. The van der Waals surface area contributed by atoms with Crippen LogP contribution in [0.2, 0.25) is 0 Å². The van der Waals surface area contributed by atoms with Gasteiger partial charge in [0.1, 0.15) is 0 Å². The van der Waals surface area contributed by atoms with Crippen LogP contribution in [-0.4, -0.2) is 67.7 Å². The average Bonchev–Trinajstić information content (AvgIpc) is 3.26. The third-order valence-electron chi connectivity index (χ3n) is 5.74. The lowest BCUT2D eigenvalue weighted by molar-refractivity contribution is 0.0697. The maximum absolute atomic E-state index is 13.0. The molecule has 0 N–H and O–H groups in total. The summed E-state index contributed by atoms with van der Waals surface area (Å²) in [5.41, 5.74) is 1.83. The first-order valence-corrected chi connectivity index (χ1v) is 12.5. The van der Waals surface area contributed by atoms with Crippen LogP contribution < -0.4 is 0 Å². The third-order valence-corrected chi connectivity index (χ3v) is 8.13. The molecule has 8 heteroatoms. The summed E-state index contributed by atoms with van der Waals surface area (Å²) in [6.45, 7) is 4.49. The predicted octanol–water partition coefficient (Wildman–Crippen LogP) is 3.19. The molecule has 0 aromatic heterocycles. The number of benzene rings is 2. The summed E-state index contributed by atoms with van der Waals surface area (Å²) >= 11 is 3.33. The minimum atomic E-state index is -3.56. The lowest BCUT2D eigenvalue weighted by Gasteiger charge is -2.34. The summed E-state index contributed by atoms with van der Waals surface area (Å²) in [6, 6.07) is 14.6. The van der Waals surface area contributed by atoms with Crippen molar-refractivity contribution in [3.63, 3.8) is 0 Å². The van der Waals surface area contributed by atoms with E-state index in [-0.39, 0.29) is 10.8 Å². The van der Waals surface area contributed by atoms with Crippen molar-refractivity contribution in [3.05, 3.63) is 64.1 Å². The molecule has 6 nitrogen and oxygen atoms in total. The molecule has 160 valence electrons. The first kappa shape index (κ1) is 21.5. The highest BCUT2D eigenvalue weighted by atomic mass is 79.9. The van der Waals surface area contributed by atoms with Gasteiger partial charge in [-0.05, 0) is 61.8 Å². The van der Waals surface area contributed by atoms with Crippen LogP contribution in [-0.2, 0) is 16.6 Å². The second-order valence-electron chi connectivity index (χ2n) is 7.84. The second kappa shape index (κ2) is 9.18. The Kier molecular flexibility index (Phi) is 6.57. The minimum absolute atomic E-state index is 0.0298. The standard InChI is InChI=1S/C22H26BrN3O3S/c23-20-7-4-8-21(16-20)30(28,29)26-13-11-25(12-14-26)22(27)19-6-3-5-18(15-19)17-24-9-1-2-10-24/h3-8,15-16H,1-2,9-14,17H2. The summed E-state index contributed by atoms with van der Waals surface area (Å²) in [6.07, 6.45) is 2.48. The van der Waals surface area contributed by atoms with Crippen molar-refractivity contribution in [2.45, 2.75) is 24.3 Å². The maximum atomic E-state index is 13.0. The van der Waals surface area contributed by atoms with E-state index < -0.39 is 10.0 Å². The van der Waals surface area contributed by atoms with E-state index >= 15 is 0 Å². The van der Waals surface area contributed by atoms with Gasteiger partial charge in [-0.15, -0.1) is 0 Å². The van der Waals surface area contributed by atoms with Crippen LogP contribution in [0.15, 0.2) is 57.9 Å². The molecule has 0 unspecified atom stereocenters. The topological polar surface area (TPSA) is 60.9 Å². The predicted molar refractivity (Wildman–Crippen MR) is 120 cm³/mol. The van der Waals surface area contributed by atoms with Crippen LogP contribution in [0.3, 0.4) is 0 Å². The van der Waals surface area contributed by atoms with E-state index in [1.165, 1.54) is 17.1 Å². The summed E-state index contributed by atoms with van der Waals surface area (Å²) in [4.78, 5) is 17.4. The molecule has 30 heavy (non-hydrogen) atoms.